The molecule has 1 unspecified atom stereocenters. The maximum absolute atomic E-state index is 11.3. The monoisotopic (exact) mass is 222 g/mol. The second kappa shape index (κ2) is 4.78. The Labute approximate surface area is 95.6 Å². The third kappa shape index (κ3) is 2.50. The van der Waals surface area contributed by atoms with Gasteiger partial charge < -0.3 is 4.42 Å². The van der Waals surface area contributed by atoms with Crippen LogP contribution in [0.4, 0.5) is 0 Å². The van der Waals surface area contributed by atoms with Gasteiger partial charge in [0.15, 0.2) is 0 Å². The van der Waals surface area contributed by atoms with Crippen LogP contribution in [0, 0.1) is 0 Å². The number of likely N-dealkylation sites (tertiary alicyclic amines) is 1. The van der Waals surface area contributed by atoms with Gasteiger partial charge in [-0.3, -0.25) is 9.69 Å². The first-order valence-electron chi connectivity index (χ1n) is 5.88. The normalized spacial score (nSPS) is 22.6. The summed E-state index contributed by atoms with van der Waals surface area (Å²) in [5.74, 6) is 2.05. The van der Waals surface area contributed by atoms with E-state index in [0.29, 0.717) is 31.2 Å². The summed E-state index contributed by atoms with van der Waals surface area (Å²) in [5.41, 5.74) is 0. The summed E-state index contributed by atoms with van der Waals surface area (Å²) in [6.45, 7) is 5.67. The zero-order valence-electron chi connectivity index (χ0n) is 9.90. The fourth-order valence-electron chi connectivity index (χ4n) is 2.04. The third-order valence-corrected chi connectivity index (χ3v) is 3.11. The number of rotatable bonds is 3. The van der Waals surface area contributed by atoms with Crippen molar-refractivity contribution in [2.24, 2.45) is 0 Å². The van der Waals surface area contributed by atoms with E-state index < -0.39 is 0 Å². The number of ketones is 1. The van der Waals surface area contributed by atoms with E-state index in [9.17, 15) is 4.79 Å². The van der Waals surface area contributed by atoms with Crippen molar-refractivity contribution in [2.45, 2.75) is 45.7 Å². The minimum Gasteiger partial charge on any atom is -0.444 e. The molecule has 0 bridgehead atoms. The number of hydrogen-bond acceptors (Lipinski definition) is 4. The topological polar surface area (TPSA) is 46.3 Å². The summed E-state index contributed by atoms with van der Waals surface area (Å²) in [4.78, 5) is 17.8. The van der Waals surface area contributed by atoms with Crippen molar-refractivity contribution in [2.75, 3.05) is 6.54 Å². The second-order valence-corrected chi connectivity index (χ2v) is 4.39. The highest BCUT2D eigenvalue weighted by atomic mass is 16.4. The summed E-state index contributed by atoms with van der Waals surface area (Å²) in [6, 6.07) is 0.304. The van der Waals surface area contributed by atoms with Gasteiger partial charge in [-0.25, -0.2) is 4.98 Å². The molecule has 1 aliphatic rings. The number of nitrogens with zero attached hydrogens (tertiary/aromatic N) is 2. The Balaban J connectivity index is 1.96. The molecule has 2 heterocycles. The predicted octanol–water partition coefficient (Wildman–Crippen LogP) is 1.79. The quantitative estimate of drug-likeness (QED) is 0.782. The Bertz CT molecular complexity index is 373. The van der Waals surface area contributed by atoms with Crippen LogP contribution in [-0.4, -0.2) is 28.3 Å². The Morgan fingerprint density at radius 1 is 1.62 bits per heavy atom. The minimum absolute atomic E-state index is 0.304. The lowest BCUT2D eigenvalue weighted by atomic mass is 10.0. The molecule has 0 aromatic carbocycles. The highest BCUT2D eigenvalue weighted by Gasteiger charge is 2.24. The Hall–Kier alpha value is -1.16. The van der Waals surface area contributed by atoms with E-state index in [1.165, 1.54) is 0 Å². The van der Waals surface area contributed by atoms with E-state index in [1.807, 2.05) is 6.92 Å². The standard InChI is InChI=1S/C12H18N2O2/c1-3-11-7-13-12(16-11)8-14-5-4-10(15)6-9(14)2/h7,9H,3-6,8H2,1-2H3. The van der Waals surface area contributed by atoms with Gasteiger partial charge in [0.1, 0.15) is 11.5 Å². The number of piperidine rings is 1. The van der Waals surface area contributed by atoms with E-state index in [0.717, 1.165) is 24.6 Å². The van der Waals surface area contributed by atoms with Crippen molar-refractivity contribution in [1.29, 1.82) is 0 Å². The lowest BCUT2D eigenvalue weighted by Gasteiger charge is -2.31. The predicted molar refractivity (Wildman–Crippen MR) is 60.0 cm³/mol. The molecular formula is C12H18N2O2. The largest absolute Gasteiger partial charge is 0.444 e. The number of aromatic nitrogens is 1. The highest BCUT2D eigenvalue weighted by molar-refractivity contribution is 5.79. The smallest absolute Gasteiger partial charge is 0.208 e. The van der Waals surface area contributed by atoms with Crippen LogP contribution in [0.1, 0.15) is 38.3 Å². The van der Waals surface area contributed by atoms with Crippen molar-refractivity contribution in [3.05, 3.63) is 17.8 Å². The molecule has 1 aliphatic heterocycles. The molecule has 1 aromatic rings. The fourth-order valence-corrected chi connectivity index (χ4v) is 2.04. The molecule has 88 valence electrons. The van der Waals surface area contributed by atoms with Crippen molar-refractivity contribution in [3.63, 3.8) is 0 Å². The first kappa shape index (κ1) is 11.3. The molecule has 0 saturated carbocycles. The van der Waals surface area contributed by atoms with Crippen molar-refractivity contribution in [1.82, 2.24) is 9.88 Å². The van der Waals surface area contributed by atoms with E-state index in [1.54, 1.807) is 6.20 Å². The molecule has 1 saturated heterocycles. The van der Waals surface area contributed by atoms with Gasteiger partial charge in [-0.15, -0.1) is 0 Å². The fraction of sp³-hybridized carbons (Fsp3) is 0.667. The first-order chi connectivity index (χ1) is 7.69. The van der Waals surface area contributed by atoms with Gasteiger partial charge >= 0.3 is 0 Å². The minimum atomic E-state index is 0.304. The number of hydrogen-bond donors (Lipinski definition) is 0. The van der Waals surface area contributed by atoms with Crippen LogP contribution in [0.3, 0.4) is 0 Å². The average Bonchev–Trinajstić information content (AvgIpc) is 2.70. The first-order valence-corrected chi connectivity index (χ1v) is 5.88. The lowest BCUT2D eigenvalue weighted by Crippen LogP contribution is -2.40. The third-order valence-electron chi connectivity index (χ3n) is 3.11. The van der Waals surface area contributed by atoms with Gasteiger partial charge in [0.2, 0.25) is 5.89 Å². The number of Topliss-reactive ketones (excluding diaryl/α,β-unsaturated/α-hetero) is 1. The summed E-state index contributed by atoms with van der Waals surface area (Å²) < 4.78 is 5.57. The van der Waals surface area contributed by atoms with Crippen LogP contribution in [0.25, 0.3) is 0 Å². The van der Waals surface area contributed by atoms with Gasteiger partial charge in [-0.05, 0) is 6.92 Å². The average molecular weight is 222 g/mol. The molecule has 1 fully saturated rings. The van der Waals surface area contributed by atoms with Crippen molar-refractivity contribution in [3.8, 4) is 0 Å². The molecule has 1 aromatic heterocycles. The second-order valence-electron chi connectivity index (χ2n) is 4.39. The number of carbonyl (C=O) groups excluding carboxylic acids is 1. The zero-order chi connectivity index (χ0) is 11.5. The van der Waals surface area contributed by atoms with E-state index in [-0.39, 0.29) is 0 Å². The maximum atomic E-state index is 11.3. The Kier molecular flexibility index (Phi) is 3.39. The molecule has 4 heteroatoms. The van der Waals surface area contributed by atoms with Gasteiger partial charge in [0.05, 0.1) is 12.7 Å². The molecule has 2 rings (SSSR count). The van der Waals surface area contributed by atoms with Crippen LogP contribution < -0.4 is 0 Å². The summed E-state index contributed by atoms with van der Waals surface area (Å²) >= 11 is 0. The van der Waals surface area contributed by atoms with E-state index >= 15 is 0 Å². The Morgan fingerprint density at radius 2 is 2.44 bits per heavy atom. The molecule has 0 spiro atoms. The van der Waals surface area contributed by atoms with Crippen LogP contribution in [-0.2, 0) is 17.8 Å². The Morgan fingerprint density at radius 3 is 3.06 bits per heavy atom. The lowest BCUT2D eigenvalue weighted by molar-refractivity contribution is -0.123. The van der Waals surface area contributed by atoms with E-state index in [2.05, 4.69) is 16.8 Å². The number of aryl methyl sites for hydroxylation is 1. The van der Waals surface area contributed by atoms with Crippen LogP contribution in [0.2, 0.25) is 0 Å². The molecule has 0 aliphatic carbocycles. The van der Waals surface area contributed by atoms with Crippen LogP contribution in [0.15, 0.2) is 10.6 Å². The zero-order valence-corrected chi connectivity index (χ0v) is 9.90. The van der Waals surface area contributed by atoms with Gasteiger partial charge in [-0.1, -0.05) is 6.92 Å². The van der Waals surface area contributed by atoms with Gasteiger partial charge in [0, 0.05) is 31.8 Å². The molecule has 1 atom stereocenters. The number of oxazole rings is 1. The highest BCUT2D eigenvalue weighted by Crippen LogP contribution is 2.17. The number of carbonyl (C=O) groups is 1. The van der Waals surface area contributed by atoms with Crippen molar-refractivity contribution >= 4 is 5.78 Å². The van der Waals surface area contributed by atoms with Gasteiger partial charge in [0.25, 0.3) is 0 Å². The van der Waals surface area contributed by atoms with Crippen LogP contribution in [0.5, 0.6) is 0 Å². The SMILES string of the molecule is CCc1cnc(CN2CCC(=O)CC2C)o1. The van der Waals surface area contributed by atoms with Crippen LogP contribution >= 0.6 is 0 Å². The van der Waals surface area contributed by atoms with Crippen molar-refractivity contribution < 1.29 is 9.21 Å². The summed E-state index contributed by atoms with van der Waals surface area (Å²) in [5, 5.41) is 0. The molecule has 0 amide bonds. The molecule has 0 N–H and O–H groups in total. The van der Waals surface area contributed by atoms with Gasteiger partial charge in [-0.2, -0.15) is 0 Å². The summed E-state index contributed by atoms with van der Waals surface area (Å²) in [7, 11) is 0. The maximum Gasteiger partial charge on any atom is 0.208 e. The summed E-state index contributed by atoms with van der Waals surface area (Å²) in [6.07, 6.45) is 3.98. The molecule has 4 nitrogen and oxygen atoms in total. The van der Waals surface area contributed by atoms with E-state index in [4.69, 9.17) is 4.42 Å². The molecule has 16 heavy (non-hydrogen) atoms. The molecular weight excluding hydrogens is 204 g/mol. The molecule has 0 radical (unpaired) electrons.